The number of amides is 3. The molecule has 0 saturated heterocycles. The van der Waals surface area contributed by atoms with Gasteiger partial charge < -0.3 is 25.0 Å². The third-order valence-corrected chi connectivity index (χ3v) is 5.87. The number of para-hydroxylation sites is 1. The molecule has 9 nitrogen and oxygen atoms in total. The van der Waals surface area contributed by atoms with Crippen LogP contribution < -0.4 is 25.0 Å². The summed E-state index contributed by atoms with van der Waals surface area (Å²) in [7, 11) is 0. The van der Waals surface area contributed by atoms with E-state index in [0.717, 1.165) is 11.1 Å². The molecule has 2 N–H and O–H groups in total. The van der Waals surface area contributed by atoms with E-state index in [1.54, 1.807) is 23.7 Å². The van der Waals surface area contributed by atoms with Crippen LogP contribution in [0.1, 0.15) is 24.0 Å². The van der Waals surface area contributed by atoms with Crippen LogP contribution in [0.5, 0.6) is 11.5 Å². The molecule has 0 aliphatic carbocycles. The largest absolute Gasteiger partial charge is 0.454 e. The number of benzene rings is 2. The molecule has 2 heterocycles. The summed E-state index contributed by atoms with van der Waals surface area (Å²) in [6.07, 6.45) is 1.54. The molecule has 4 rings (SSSR count). The Hall–Kier alpha value is -3.92. The number of rotatable bonds is 9. The predicted octanol–water partition coefficient (Wildman–Crippen LogP) is 3.25. The van der Waals surface area contributed by atoms with E-state index in [1.807, 2.05) is 37.3 Å². The number of carbonyl (C=O) groups is 3. The van der Waals surface area contributed by atoms with E-state index < -0.39 is 0 Å². The molecular formula is C24H24N4O5S. The Morgan fingerprint density at radius 3 is 2.68 bits per heavy atom. The quantitative estimate of drug-likeness (QED) is 0.487. The number of anilines is 2. The van der Waals surface area contributed by atoms with Crippen molar-refractivity contribution in [1.29, 1.82) is 0 Å². The minimum Gasteiger partial charge on any atom is -0.454 e. The molecule has 3 amide bonds. The molecule has 1 aromatic heterocycles. The van der Waals surface area contributed by atoms with Crippen molar-refractivity contribution in [2.75, 3.05) is 23.6 Å². The second kappa shape index (κ2) is 10.8. The van der Waals surface area contributed by atoms with Crippen LogP contribution in [0.3, 0.4) is 0 Å². The highest BCUT2D eigenvalue weighted by Gasteiger charge is 2.22. The first-order valence-electron chi connectivity index (χ1n) is 10.7. The summed E-state index contributed by atoms with van der Waals surface area (Å²) in [6, 6.07) is 12.8. The molecule has 34 heavy (non-hydrogen) atoms. The van der Waals surface area contributed by atoms with Crippen LogP contribution >= 0.6 is 11.3 Å². The summed E-state index contributed by atoms with van der Waals surface area (Å²) in [5.41, 5.74) is 2.34. The van der Waals surface area contributed by atoms with E-state index >= 15 is 0 Å². The molecule has 3 aromatic rings. The van der Waals surface area contributed by atoms with Crippen LogP contribution in [-0.4, -0.2) is 36.0 Å². The Balaban J connectivity index is 1.38. The summed E-state index contributed by atoms with van der Waals surface area (Å²) in [5, 5.41) is 7.74. The molecule has 0 fully saturated rings. The Morgan fingerprint density at radius 2 is 1.88 bits per heavy atom. The fraction of sp³-hybridized carbons (Fsp3) is 0.250. The molecule has 0 unspecified atom stereocenters. The van der Waals surface area contributed by atoms with Gasteiger partial charge in [-0.3, -0.25) is 14.4 Å². The van der Waals surface area contributed by atoms with Gasteiger partial charge in [0.1, 0.15) is 6.54 Å². The van der Waals surface area contributed by atoms with E-state index in [4.69, 9.17) is 9.47 Å². The van der Waals surface area contributed by atoms with Crippen molar-refractivity contribution < 1.29 is 23.9 Å². The smallest absolute Gasteiger partial charge is 0.240 e. The molecule has 10 heteroatoms. The fourth-order valence-electron chi connectivity index (χ4n) is 3.45. The van der Waals surface area contributed by atoms with Gasteiger partial charge in [-0.05, 0) is 36.2 Å². The first-order valence-corrected chi connectivity index (χ1v) is 11.6. The molecule has 0 spiro atoms. The van der Waals surface area contributed by atoms with Gasteiger partial charge >= 0.3 is 0 Å². The average molecular weight is 481 g/mol. The summed E-state index contributed by atoms with van der Waals surface area (Å²) >= 11 is 1.30. The predicted molar refractivity (Wildman–Crippen MR) is 128 cm³/mol. The van der Waals surface area contributed by atoms with Crippen molar-refractivity contribution in [2.24, 2.45) is 0 Å². The number of hydrogen-bond donors (Lipinski definition) is 2. The number of aryl methyl sites for hydroxylation is 1. The number of hydrogen-bond acceptors (Lipinski definition) is 7. The first kappa shape index (κ1) is 23.2. The van der Waals surface area contributed by atoms with Crippen molar-refractivity contribution in [1.82, 2.24) is 10.3 Å². The number of carbonyl (C=O) groups excluding carboxylic acids is 3. The van der Waals surface area contributed by atoms with Gasteiger partial charge in [-0.1, -0.05) is 24.3 Å². The number of thiazole rings is 1. The monoisotopic (exact) mass is 480 g/mol. The maximum atomic E-state index is 13.1. The van der Waals surface area contributed by atoms with Crippen LogP contribution in [0.25, 0.3) is 0 Å². The molecule has 176 valence electrons. The number of aromatic nitrogens is 1. The van der Waals surface area contributed by atoms with Crippen LogP contribution in [0.2, 0.25) is 0 Å². The second-order valence-electron chi connectivity index (χ2n) is 7.62. The van der Waals surface area contributed by atoms with Crippen LogP contribution in [0.15, 0.2) is 54.0 Å². The minimum absolute atomic E-state index is 0.0143. The summed E-state index contributed by atoms with van der Waals surface area (Å²) in [4.78, 5) is 43.4. The van der Waals surface area contributed by atoms with Gasteiger partial charge in [-0.15, -0.1) is 11.3 Å². The molecule has 1 aliphatic heterocycles. The van der Waals surface area contributed by atoms with E-state index in [0.29, 0.717) is 22.3 Å². The SMILES string of the molecule is Cc1ccccc1N(CC(=O)NCc1ccc2c(c1)OCO2)C(=O)CCC(=O)Nc1nccs1. The van der Waals surface area contributed by atoms with Gasteiger partial charge in [0.15, 0.2) is 16.6 Å². The lowest BCUT2D eigenvalue weighted by molar-refractivity contribution is -0.125. The Kier molecular flexibility index (Phi) is 7.38. The number of fused-ring (bicyclic) bond motifs is 1. The second-order valence-corrected chi connectivity index (χ2v) is 8.51. The fourth-order valence-corrected chi connectivity index (χ4v) is 3.99. The Bertz CT molecular complexity index is 1180. The lowest BCUT2D eigenvalue weighted by Gasteiger charge is -2.24. The molecule has 1 aliphatic rings. The minimum atomic E-state index is -0.318. The topological polar surface area (TPSA) is 110 Å². The normalized spacial score (nSPS) is 11.7. The molecule has 0 atom stereocenters. The van der Waals surface area contributed by atoms with Gasteiger partial charge in [0, 0.05) is 36.7 Å². The lowest BCUT2D eigenvalue weighted by Crippen LogP contribution is -2.41. The van der Waals surface area contributed by atoms with Crippen molar-refractivity contribution in [3.05, 3.63) is 65.2 Å². The van der Waals surface area contributed by atoms with Crippen molar-refractivity contribution in [2.45, 2.75) is 26.3 Å². The average Bonchev–Trinajstić information content (AvgIpc) is 3.52. The Morgan fingerprint density at radius 1 is 1.06 bits per heavy atom. The molecule has 0 bridgehead atoms. The molecular weight excluding hydrogens is 456 g/mol. The van der Waals surface area contributed by atoms with E-state index in [1.165, 1.54) is 16.2 Å². The van der Waals surface area contributed by atoms with Gasteiger partial charge in [-0.25, -0.2) is 4.98 Å². The van der Waals surface area contributed by atoms with Crippen molar-refractivity contribution >= 4 is 39.9 Å². The van der Waals surface area contributed by atoms with Crippen LogP contribution in [-0.2, 0) is 20.9 Å². The van der Waals surface area contributed by atoms with Crippen LogP contribution in [0.4, 0.5) is 10.8 Å². The zero-order valence-corrected chi connectivity index (χ0v) is 19.4. The highest BCUT2D eigenvalue weighted by atomic mass is 32.1. The summed E-state index contributed by atoms with van der Waals surface area (Å²) < 4.78 is 10.7. The van der Waals surface area contributed by atoms with E-state index in [9.17, 15) is 14.4 Å². The van der Waals surface area contributed by atoms with E-state index in [-0.39, 0.29) is 50.4 Å². The highest BCUT2D eigenvalue weighted by molar-refractivity contribution is 7.13. The van der Waals surface area contributed by atoms with Crippen LogP contribution in [0, 0.1) is 6.92 Å². The third kappa shape index (κ3) is 5.90. The van der Waals surface area contributed by atoms with Gasteiger partial charge in [-0.2, -0.15) is 0 Å². The van der Waals surface area contributed by atoms with E-state index in [2.05, 4.69) is 15.6 Å². The standard InChI is InChI=1S/C24H24N4O5S/c1-16-4-2-3-5-18(16)28(23(31)9-8-21(29)27-24-25-10-11-34-24)14-22(30)26-13-17-6-7-19-20(12-17)33-15-32-19/h2-7,10-12H,8-9,13-15H2,1H3,(H,26,30)(H,25,27,29). The molecule has 2 aromatic carbocycles. The number of nitrogens with zero attached hydrogens (tertiary/aromatic N) is 2. The van der Waals surface area contributed by atoms with Crippen molar-refractivity contribution in [3.63, 3.8) is 0 Å². The summed E-state index contributed by atoms with van der Waals surface area (Å²) in [5.74, 6) is 0.369. The highest BCUT2D eigenvalue weighted by Crippen LogP contribution is 2.32. The maximum absolute atomic E-state index is 13.1. The first-order chi connectivity index (χ1) is 16.5. The summed E-state index contributed by atoms with van der Waals surface area (Å²) in [6.45, 7) is 2.17. The zero-order valence-electron chi connectivity index (χ0n) is 18.6. The van der Waals surface area contributed by atoms with Crippen molar-refractivity contribution in [3.8, 4) is 11.5 Å². The lowest BCUT2D eigenvalue weighted by atomic mass is 10.1. The molecule has 0 saturated carbocycles. The maximum Gasteiger partial charge on any atom is 0.240 e. The van der Waals surface area contributed by atoms with Gasteiger partial charge in [0.25, 0.3) is 0 Å². The third-order valence-electron chi connectivity index (χ3n) is 5.18. The Labute approximate surface area is 200 Å². The number of nitrogens with one attached hydrogen (secondary N) is 2. The van der Waals surface area contributed by atoms with Gasteiger partial charge in [0.05, 0.1) is 0 Å². The number of ether oxygens (including phenoxy) is 2. The molecule has 0 radical (unpaired) electrons. The van der Waals surface area contributed by atoms with Gasteiger partial charge in [0.2, 0.25) is 24.5 Å². The zero-order chi connectivity index (χ0) is 23.9.